The molecule has 5 heteroatoms. The lowest BCUT2D eigenvalue weighted by Crippen LogP contribution is -2.06. The molecular weight excluding hydrogens is 204 g/mol. The minimum atomic E-state index is -2.74. The van der Waals surface area contributed by atoms with Crippen molar-refractivity contribution < 1.29 is 18.3 Å². The normalized spacial score (nSPS) is 12.0. The van der Waals surface area contributed by atoms with E-state index in [0.717, 1.165) is 6.08 Å². The Balaban J connectivity index is 3.05. The van der Waals surface area contributed by atoms with Crippen LogP contribution in [0.25, 0.3) is 0 Å². The highest BCUT2D eigenvalue weighted by Crippen LogP contribution is 2.26. The first kappa shape index (κ1) is 11.3. The Morgan fingerprint density at radius 2 is 2.20 bits per heavy atom. The van der Waals surface area contributed by atoms with Crippen LogP contribution in [0.2, 0.25) is 0 Å². The maximum absolute atomic E-state index is 12.5. The number of isocyanates is 1. The van der Waals surface area contributed by atoms with E-state index in [0.29, 0.717) is 5.75 Å². The fraction of sp³-hybridized carbons (Fsp3) is 0.300. The molecule has 0 aliphatic carbocycles. The molecule has 0 fully saturated rings. The van der Waals surface area contributed by atoms with Gasteiger partial charge in [-0.3, -0.25) is 0 Å². The molecule has 80 valence electrons. The summed E-state index contributed by atoms with van der Waals surface area (Å²) in [4.78, 5) is 13.0. The molecule has 0 aliphatic heterocycles. The summed E-state index contributed by atoms with van der Waals surface area (Å²) in [6.45, 7) is 0. The Labute approximate surface area is 85.4 Å². The highest BCUT2D eigenvalue weighted by atomic mass is 19.3. The van der Waals surface area contributed by atoms with Crippen LogP contribution >= 0.6 is 0 Å². The van der Waals surface area contributed by atoms with Crippen LogP contribution in [0, 0.1) is 0 Å². The molecule has 0 N–H and O–H groups in total. The number of nitrogens with zero attached hydrogens (tertiary/aromatic N) is 1. The zero-order valence-electron chi connectivity index (χ0n) is 7.98. The zero-order valence-corrected chi connectivity index (χ0v) is 7.98. The van der Waals surface area contributed by atoms with E-state index in [4.69, 9.17) is 4.74 Å². The topological polar surface area (TPSA) is 38.7 Å². The van der Waals surface area contributed by atoms with Crippen molar-refractivity contribution in [1.29, 1.82) is 0 Å². The lowest BCUT2D eigenvalue weighted by molar-refractivity contribution is 0.117. The smallest absolute Gasteiger partial charge is 0.265 e. The van der Waals surface area contributed by atoms with Gasteiger partial charge in [0.15, 0.2) is 0 Å². The molecule has 0 heterocycles. The van der Waals surface area contributed by atoms with Gasteiger partial charge in [-0.25, -0.2) is 13.6 Å². The highest BCUT2D eigenvalue weighted by Gasteiger charge is 2.21. The summed E-state index contributed by atoms with van der Waals surface area (Å²) in [5, 5.41) is 0. The Bertz CT molecular complexity index is 375. The van der Waals surface area contributed by atoms with E-state index in [1.165, 1.54) is 19.2 Å². The summed E-state index contributed by atoms with van der Waals surface area (Å²) in [6, 6.07) is 4.58. The summed E-state index contributed by atoms with van der Waals surface area (Å²) in [5.74, 6) is 0.444. The van der Waals surface area contributed by atoms with Crippen LogP contribution in [-0.4, -0.2) is 19.6 Å². The summed E-state index contributed by atoms with van der Waals surface area (Å²) in [7, 11) is 1.43. The molecule has 1 atom stereocenters. The summed E-state index contributed by atoms with van der Waals surface area (Å²) >= 11 is 0. The Morgan fingerprint density at radius 3 is 2.73 bits per heavy atom. The monoisotopic (exact) mass is 213 g/mol. The molecule has 1 aromatic carbocycles. The van der Waals surface area contributed by atoms with Gasteiger partial charge in [-0.1, -0.05) is 12.1 Å². The summed E-state index contributed by atoms with van der Waals surface area (Å²) in [6.07, 6.45) is -1.60. The van der Waals surface area contributed by atoms with Crippen molar-refractivity contribution in [2.45, 2.75) is 12.5 Å². The van der Waals surface area contributed by atoms with E-state index in [2.05, 4.69) is 4.99 Å². The average Bonchev–Trinajstić information content (AvgIpc) is 2.25. The van der Waals surface area contributed by atoms with Crippen LogP contribution in [0.4, 0.5) is 8.78 Å². The van der Waals surface area contributed by atoms with E-state index < -0.39 is 12.5 Å². The van der Waals surface area contributed by atoms with Crippen molar-refractivity contribution >= 4 is 6.08 Å². The predicted molar refractivity (Wildman–Crippen MR) is 49.9 cm³/mol. The molecule has 0 aliphatic rings. The average molecular weight is 213 g/mol. The fourth-order valence-corrected chi connectivity index (χ4v) is 1.16. The van der Waals surface area contributed by atoms with Crippen LogP contribution in [0.15, 0.2) is 29.3 Å². The van der Waals surface area contributed by atoms with Gasteiger partial charge in [0.25, 0.3) is 6.43 Å². The molecule has 15 heavy (non-hydrogen) atoms. The molecule has 0 bridgehead atoms. The van der Waals surface area contributed by atoms with Crippen molar-refractivity contribution in [3.8, 4) is 5.75 Å². The Morgan fingerprint density at radius 1 is 1.47 bits per heavy atom. The van der Waals surface area contributed by atoms with Crippen LogP contribution in [0.5, 0.6) is 5.75 Å². The summed E-state index contributed by atoms with van der Waals surface area (Å²) in [5.41, 5.74) is 0.229. The maximum atomic E-state index is 12.5. The highest BCUT2D eigenvalue weighted by molar-refractivity contribution is 5.37. The number of hydrogen-bond acceptors (Lipinski definition) is 3. The number of benzene rings is 1. The van der Waals surface area contributed by atoms with Gasteiger partial charge in [-0.05, 0) is 17.7 Å². The number of halogens is 2. The second-order valence-electron chi connectivity index (χ2n) is 2.78. The van der Waals surface area contributed by atoms with Crippen LogP contribution in [0.3, 0.4) is 0 Å². The van der Waals surface area contributed by atoms with Gasteiger partial charge >= 0.3 is 0 Å². The SMILES string of the molecule is COc1cccc(C(N=C=O)C(F)F)c1. The minimum Gasteiger partial charge on any atom is -0.497 e. The van der Waals surface area contributed by atoms with E-state index in [9.17, 15) is 13.6 Å². The van der Waals surface area contributed by atoms with Crippen LogP contribution in [-0.2, 0) is 4.79 Å². The van der Waals surface area contributed by atoms with Crippen LogP contribution in [0.1, 0.15) is 11.6 Å². The van der Waals surface area contributed by atoms with Crippen LogP contribution < -0.4 is 4.74 Å². The molecule has 0 saturated heterocycles. The third-order valence-corrected chi connectivity index (χ3v) is 1.87. The van der Waals surface area contributed by atoms with Gasteiger partial charge in [-0.2, -0.15) is 4.99 Å². The molecule has 0 aromatic heterocycles. The number of aliphatic imine (C=N–C) groups is 1. The first-order valence-electron chi connectivity index (χ1n) is 4.18. The minimum absolute atomic E-state index is 0.229. The van der Waals surface area contributed by atoms with Gasteiger partial charge in [0.2, 0.25) is 6.08 Å². The zero-order chi connectivity index (χ0) is 11.3. The second kappa shape index (κ2) is 5.22. The number of rotatable bonds is 4. The van der Waals surface area contributed by atoms with E-state index >= 15 is 0 Å². The maximum Gasteiger partial charge on any atom is 0.265 e. The van der Waals surface area contributed by atoms with Crippen molar-refractivity contribution in [3.63, 3.8) is 0 Å². The third kappa shape index (κ3) is 2.86. The lowest BCUT2D eigenvalue weighted by atomic mass is 10.1. The van der Waals surface area contributed by atoms with Crippen molar-refractivity contribution in [2.75, 3.05) is 7.11 Å². The van der Waals surface area contributed by atoms with Gasteiger partial charge in [0, 0.05) is 0 Å². The molecule has 0 radical (unpaired) electrons. The first-order chi connectivity index (χ1) is 7.19. The predicted octanol–water partition coefficient (Wildman–Crippen LogP) is 2.34. The largest absolute Gasteiger partial charge is 0.497 e. The standard InChI is InChI=1S/C10H9F2NO2/c1-15-8-4-2-3-7(5-8)9(10(11)12)13-6-14/h2-5,9-10H,1H3. The van der Waals surface area contributed by atoms with Crippen molar-refractivity contribution in [2.24, 2.45) is 4.99 Å². The fourth-order valence-electron chi connectivity index (χ4n) is 1.16. The number of alkyl halides is 2. The molecule has 1 aromatic rings. The molecule has 1 unspecified atom stereocenters. The lowest BCUT2D eigenvalue weighted by Gasteiger charge is -2.10. The van der Waals surface area contributed by atoms with E-state index in [1.807, 2.05) is 0 Å². The quantitative estimate of drug-likeness (QED) is 0.568. The van der Waals surface area contributed by atoms with E-state index in [-0.39, 0.29) is 5.56 Å². The first-order valence-corrected chi connectivity index (χ1v) is 4.18. The number of ether oxygens (including phenoxy) is 1. The van der Waals surface area contributed by atoms with Gasteiger partial charge < -0.3 is 4.74 Å². The molecule has 1 rings (SSSR count). The van der Waals surface area contributed by atoms with Gasteiger partial charge in [0.1, 0.15) is 11.8 Å². The Hall–Kier alpha value is -1.74. The van der Waals surface area contributed by atoms with E-state index in [1.54, 1.807) is 12.1 Å². The number of carbonyl (C=O) groups excluding carboxylic acids is 1. The number of hydrogen-bond donors (Lipinski definition) is 0. The Kier molecular flexibility index (Phi) is 3.94. The summed E-state index contributed by atoms with van der Waals surface area (Å²) < 4.78 is 29.9. The van der Waals surface area contributed by atoms with Gasteiger partial charge in [0.05, 0.1) is 7.11 Å². The second-order valence-corrected chi connectivity index (χ2v) is 2.78. The van der Waals surface area contributed by atoms with Crippen molar-refractivity contribution in [3.05, 3.63) is 29.8 Å². The molecular formula is C10H9F2NO2. The molecule has 3 nitrogen and oxygen atoms in total. The molecule has 0 saturated carbocycles. The van der Waals surface area contributed by atoms with Crippen molar-refractivity contribution in [1.82, 2.24) is 0 Å². The molecule has 0 spiro atoms. The van der Waals surface area contributed by atoms with Gasteiger partial charge in [-0.15, -0.1) is 0 Å². The number of methoxy groups -OCH3 is 1. The third-order valence-electron chi connectivity index (χ3n) is 1.87. The molecule has 0 amide bonds.